The molecule has 272 valence electrons. The minimum absolute atomic E-state index is 0.0909. The molecule has 1 nitrogen and oxygen atoms in total. The smallest absolute Gasteiger partial charge is 0.0570 e. The number of aryl methyl sites for hydroxylation is 2. The minimum atomic E-state index is -0.0909. The Balaban J connectivity index is 1.09. The zero-order valence-electron chi connectivity index (χ0n) is 32.5. The van der Waals surface area contributed by atoms with Crippen LogP contribution in [-0.2, 0) is 11.8 Å². The molecule has 4 aliphatic rings. The molecule has 0 saturated carbocycles. The van der Waals surface area contributed by atoms with E-state index in [1.165, 1.54) is 111 Å². The van der Waals surface area contributed by atoms with Gasteiger partial charge >= 0.3 is 0 Å². The van der Waals surface area contributed by atoms with Gasteiger partial charge in [0, 0.05) is 32.5 Å². The van der Waals surface area contributed by atoms with Crippen LogP contribution in [-0.4, -0.2) is 10.3 Å². The number of allylic oxidation sites excluding steroid dienone is 7. The van der Waals surface area contributed by atoms with Crippen LogP contribution < -0.4 is 0 Å². The summed E-state index contributed by atoms with van der Waals surface area (Å²) in [6.07, 6.45) is 17.6. The summed E-state index contributed by atoms with van der Waals surface area (Å²) in [4.78, 5) is 1.48. The van der Waals surface area contributed by atoms with E-state index in [2.05, 4.69) is 171 Å². The Labute approximate surface area is 334 Å². The van der Waals surface area contributed by atoms with Gasteiger partial charge in [0.05, 0.1) is 11.0 Å². The van der Waals surface area contributed by atoms with Crippen LogP contribution in [0.2, 0.25) is 0 Å². The van der Waals surface area contributed by atoms with Gasteiger partial charge in [-0.25, -0.2) is 0 Å². The lowest BCUT2D eigenvalue weighted by Gasteiger charge is -2.24. The Kier molecular flexibility index (Phi) is 7.83. The highest BCUT2D eigenvalue weighted by Crippen LogP contribution is 2.51. The van der Waals surface area contributed by atoms with Crippen molar-refractivity contribution in [2.24, 2.45) is 0 Å². The van der Waals surface area contributed by atoms with Gasteiger partial charge in [0.15, 0.2) is 0 Å². The van der Waals surface area contributed by atoms with Crippen LogP contribution in [0.1, 0.15) is 72.9 Å². The molecule has 0 bridgehead atoms. The molecule has 7 aromatic rings. The van der Waals surface area contributed by atoms with Gasteiger partial charge in [-0.2, -0.15) is 0 Å². The molecular formula is C54H45NS. The van der Waals surface area contributed by atoms with E-state index in [0.29, 0.717) is 0 Å². The van der Waals surface area contributed by atoms with Crippen LogP contribution in [0.15, 0.2) is 156 Å². The van der Waals surface area contributed by atoms with Gasteiger partial charge in [-0.3, -0.25) is 0 Å². The average Bonchev–Trinajstić information content (AvgIpc) is 3.70. The summed E-state index contributed by atoms with van der Waals surface area (Å²) in [7, 11) is 0. The molecule has 3 aliphatic carbocycles. The van der Waals surface area contributed by atoms with Gasteiger partial charge in [0.2, 0.25) is 0 Å². The van der Waals surface area contributed by atoms with Crippen LogP contribution in [0, 0.1) is 6.92 Å². The molecule has 0 N–H and O–H groups in total. The third-order valence-electron chi connectivity index (χ3n) is 13.1. The van der Waals surface area contributed by atoms with E-state index in [0.717, 1.165) is 31.4 Å². The minimum Gasteiger partial charge on any atom is -0.309 e. The molecule has 0 unspecified atom stereocenters. The van der Waals surface area contributed by atoms with E-state index < -0.39 is 0 Å². The topological polar surface area (TPSA) is 4.93 Å². The monoisotopic (exact) mass is 739 g/mol. The number of thioether (sulfide) groups is 1. The Morgan fingerprint density at radius 1 is 0.679 bits per heavy atom. The van der Waals surface area contributed by atoms with Gasteiger partial charge < -0.3 is 4.57 Å². The van der Waals surface area contributed by atoms with Crippen molar-refractivity contribution in [2.75, 3.05) is 5.75 Å². The average molecular weight is 740 g/mol. The van der Waals surface area contributed by atoms with Crippen LogP contribution in [0.4, 0.5) is 0 Å². The van der Waals surface area contributed by atoms with Crippen molar-refractivity contribution in [3.05, 3.63) is 189 Å². The molecule has 0 amide bonds. The predicted molar refractivity (Wildman–Crippen MR) is 243 cm³/mol. The zero-order chi connectivity index (χ0) is 37.5. The molecule has 6 aromatic carbocycles. The maximum atomic E-state index is 2.56. The fraction of sp³-hybridized carbons (Fsp3) is 0.185. The summed E-state index contributed by atoms with van der Waals surface area (Å²) in [5, 5.41) is 5.17. The maximum absolute atomic E-state index is 2.56. The van der Waals surface area contributed by atoms with Gasteiger partial charge in [-0.15, -0.1) is 11.8 Å². The molecule has 0 radical (unpaired) electrons. The van der Waals surface area contributed by atoms with Crippen molar-refractivity contribution in [2.45, 2.75) is 58.3 Å². The summed E-state index contributed by atoms with van der Waals surface area (Å²) in [6.45, 7) is 7.20. The number of hydrogen-bond donors (Lipinski definition) is 0. The largest absolute Gasteiger partial charge is 0.309 e. The fourth-order valence-corrected chi connectivity index (χ4v) is 11.3. The molecule has 2 heterocycles. The molecule has 56 heavy (non-hydrogen) atoms. The summed E-state index contributed by atoms with van der Waals surface area (Å²) >= 11 is 2.04. The van der Waals surface area contributed by atoms with E-state index in [1.54, 1.807) is 5.57 Å². The molecule has 2 heteroatoms. The standard InChI is InChI=1S/C54H45NS/c1-34-27-43(41-22-20-36-12-5-7-15-39(36)29-41)31-47-46-30-42(40-21-19-35-11-4-6-14-38(35)28-40)23-26-51(46)55(53(34)47)44-24-25-45-48-33-56-52-18-9-8-13-37(52)16-10-17-49(48)54(2,3)50(45)32-44/h4-7,9-12,14-15,17-19,21,23-32H,8,13,16,20,22,33H2,1-3H3/b17-10-. The SMILES string of the molecule is Cc1cc(C2=Cc3ccccc3CC2)cc2c3cc(-c4ccc5ccccc5c4)ccc3n(-c3ccc4c(c3)C(C)(C)C3=C4CSC4=C(C/C=C\3)CCC=C4)c12. The van der Waals surface area contributed by atoms with E-state index >= 15 is 0 Å². The number of aromatic nitrogens is 1. The quantitative estimate of drug-likeness (QED) is 0.175. The summed E-state index contributed by atoms with van der Waals surface area (Å²) in [6, 6.07) is 43.9. The first kappa shape index (κ1) is 33.7. The number of rotatable bonds is 3. The lowest BCUT2D eigenvalue weighted by atomic mass is 9.80. The molecule has 0 spiro atoms. The highest BCUT2D eigenvalue weighted by molar-refractivity contribution is 8.03. The number of benzene rings is 6. The van der Waals surface area contributed by atoms with E-state index in [1.807, 2.05) is 11.8 Å². The second kappa shape index (κ2) is 13.0. The van der Waals surface area contributed by atoms with Crippen molar-refractivity contribution in [1.82, 2.24) is 4.57 Å². The van der Waals surface area contributed by atoms with Crippen LogP contribution in [0.25, 0.3) is 66.6 Å². The first-order valence-corrected chi connectivity index (χ1v) is 21.3. The number of fused-ring (bicyclic) bond motifs is 7. The molecule has 0 fully saturated rings. The first-order chi connectivity index (χ1) is 27.4. The molecular weight excluding hydrogens is 695 g/mol. The second-order valence-electron chi connectivity index (χ2n) is 16.7. The third kappa shape index (κ3) is 5.37. The van der Waals surface area contributed by atoms with E-state index in [-0.39, 0.29) is 5.41 Å². The summed E-state index contributed by atoms with van der Waals surface area (Å²) in [5.41, 5.74) is 20.5. The Morgan fingerprint density at radius 3 is 2.43 bits per heavy atom. The molecule has 1 aliphatic heterocycles. The Morgan fingerprint density at radius 2 is 1.50 bits per heavy atom. The number of nitrogens with zero attached hydrogens (tertiary/aromatic N) is 1. The molecule has 0 atom stereocenters. The van der Waals surface area contributed by atoms with Crippen molar-refractivity contribution in [1.29, 1.82) is 0 Å². The Bertz CT molecular complexity index is 2970. The van der Waals surface area contributed by atoms with Gasteiger partial charge in [-0.1, -0.05) is 123 Å². The number of hydrogen-bond acceptors (Lipinski definition) is 1. The third-order valence-corrected chi connectivity index (χ3v) is 14.2. The molecule has 11 rings (SSSR count). The predicted octanol–water partition coefficient (Wildman–Crippen LogP) is 14.7. The lowest BCUT2D eigenvalue weighted by molar-refractivity contribution is 0.653. The van der Waals surface area contributed by atoms with Crippen molar-refractivity contribution < 1.29 is 0 Å². The van der Waals surface area contributed by atoms with Gasteiger partial charge in [0.1, 0.15) is 0 Å². The normalized spacial score (nSPS) is 17.9. The van der Waals surface area contributed by atoms with Crippen LogP contribution in [0.5, 0.6) is 0 Å². The van der Waals surface area contributed by atoms with Crippen molar-refractivity contribution in [3.63, 3.8) is 0 Å². The van der Waals surface area contributed by atoms with Crippen molar-refractivity contribution in [3.8, 4) is 16.8 Å². The first-order valence-electron chi connectivity index (χ1n) is 20.3. The zero-order valence-corrected chi connectivity index (χ0v) is 33.3. The van der Waals surface area contributed by atoms with Crippen LogP contribution >= 0.6 is 11.8 Å². The highest BCUT2D eigenvalue weighted by atomic mass is 32.2. The molecule has 0 saturated heterocycles. The Hall–Kier alpha value is -5.57. The van der Waals surface area contributed by atoms with Gasteiger partial charge in [0.25, 0.3) is 0 Å². The summed E-state index contributed by atoms with van der Waals surface area (Å²) < 4.78 is 2.56. The van der Waals surface area contributed by atoms with E-state index in [9.17, 15) is 0 Å². The maximum Gasteiger partial charge on any atom is 0.0570 e. The summed E-state index contributed by atoms with van der Waals surface area (Å²) in [5.74, 6) is 1.01. The highest BCUT2D eigenvalue weighted by Gasteiger charge is 2.37. The van der Waals surface area contributed by atoms with Crippen LogP contribution in [0.3, 0.4) is 0 Å². The lowest BCUT2D eigenvalue weighted by Crippen LogP contribution is -2.16. The van der Waals surface area contributed by atoms with Crippen molar-refractivity contribution >= 4 is 61.6 Å². The molecule has 1 aromatic heterocycles. The van der Waals surface area contributed by atoms with E-state index in [4.69, 9.17) is 0 Å². The fourth-order valence-electron chi connectivity index (χ4n) is 10.1. The second-order valence-corrected chi connectivity index (χ2v) is 17.8. The van der Waals surface area contributed by atoms with Gasteiger partial charge in [-0.05, 0) is 153 Å².